The molecule has 1 heterocycles. The number of esters is 1. The number of sulfonamides is 1. The van der Waals surface area contributed by atoms with E-state index in [2.05, 4.69) is 10.1 Å². The average molecular weight is 340 g/mol. The fourth-order valence-corrected chi connectivity index (χ4v) is 3.92. The first-order chi connectivity index (χ1) is 10.9. The Bertz CT molecular complexity index is 702. The molecule has 126 valence electrons. The average Bonchev–Trinajstić information content (AvgIpc) is 3.05. The minimum atomic E-state index is -3.43. The quantitative estimate of drug-likeness (QED) is 0.814. The molecule has 0 unspecified atom stereocenters. The SMILES string of the molecule is CCS(=O)(=O)N1CCC[C@@H]1C(=O)Nc1ccccc1C(=O)OC. The summed E-state index contributed by atoms with van der Waals surface area (Å²) >= 11 is 0. The van der Waals surface area contributed by atoms with E-state index in [4.69, 9.17) is 0 Å². The Morgan fingerprint density at radius 2 is 2.04 bits per heavy atom. The van der Waals surface area contributed by atoms with Gasteiger partial charge in [-0.15, -0.1) is 0 Å². The molecule has 1 amide bonds. The number of amides is 1. The van der Waals surface area contributed by atoms with E-state index < -0.39 is 27.9 Å². The number of nitrogens with zero attached hydrogens (tertiary/aromatic N) is 1. The number of carbonyl (C=O) groups is 2. The Morgan fingerprint density at radius 1 is 1.35 bits per heavy atom. The van der Waals surface area contributed by atoms with E-state index in [1.54, 1.807) is 25.1 Å². The number of hydrogen-bond acceptors (Lipinski definition) is 5. The zero-order chi connectivity index (χ0) is 17.0. The molecule has 7 nitrogen and oxygen atoms in total. The third kappa shape index (κ3) is 3.70. The summed E-state index contributed by atoms with van der Waals surface area (Å²) in [6, 6.07) is 5.71. The summed E-state index contributed by atoms with van der Waals surface area (Å²) in [5.41, 5.74) is 0.538. The van der Waals surface area contributed by atoms with Gasteiger partial charge in [0, 0.05) is 6.54 Å². The molecule has 2 rings (SSSR count). The largest absolute Gasteiger partial charge is 0.465 e. The van der Waals surface area contributed by atoms with Crippen LogP contribution in [0.1, 0.15) is 30.1 Å². The summed E-state index contributed by atoms with van der Waals surface area (Å²) < 4.78 is 30.0. The molecule has 0 bridgehead atoms. The second-order valence-electron chi connectivity index (χ2n) is 5.20. The van der Waals surface area contributed by atoms with E-state index in [0.717, 1.165) is 0 Å². The molecule has 1 fully saturated rings. The van der Waals surface area contributed by atoms with Crippen molar-refractivity contribution >= 4 is 27.6 Å². The number of nitrogens with one attached hydrogen (secondary N) is 1. The number of para-hydroxylation sites is 1. The van der Waals surface area contributed by atoms with Gasteiger partial charge in [-0.25, -0.2) is 13.2 Å². The first kappa shape index (κ1) is 17.4. The van der Waals surface area contributed by atoms with Crippen molar-refractivity contribution in [1.82, 2.24) is 4.31 Å². The van der Waals surface area contributed by atoms with Gasteiger partial charge in [0.2, 0.25) is 15.9 Å². The fraction of sp³-hybridized carbons (Fsp3) is 0.467. The summed E-state index contributed by atoms with van der Waals surface area (Å²) in [7, 11) is -2.18. The molecule has 1 aromatic rings. The second kappa shape index (κ2) is 7.10. The van der Waals surface area contributed by atoms with Gasteiger partial charge in [0.25, 0.3) is 0 Å². The highest BCUT2D eigenvalue weighted by Crippen LogP contribution is 2.24. The Labute approximate surface area is 135 Å². The van der Waals surface area contributed by atoms with Crippen LogP contribution in [0.2, 0.25) is 0 Å². The predicted octanol–water partition coefficient (Wildman–Crippen LogP) is 1.23. The molecule has 8 heteroatoms. The molecule has 0 spiro atoms. The van der Waals surface area contributed by atoms with Crippen molar-refractivity contribution in [1.29, 1.82) is 0 Å². The monoisotopic (exact) mass is 340 g/mol. The number of benzene rings is 1. The lowest BCUT2D eigenvalue weighted by Crippen LogP contribution is -2.43. The minimum absolute atomic E-state index is 0.0461. The zero-order valence-electron chi connectivity index (χ0n) is 13.1. The molecule has 1 aromatic carbocycles. The van der Waals surface area contributed by atoms with Crippen molar-refractivity contribution in [3.8, 4) is 0 Å². The van der Waals surface area contributed by atoms with Crippen LogP contribution in [0.4, 0.5) is 5.69 Å². The van der Waals surface area contributed by atoms with Crippen molar-refractivity contribution in [3.05, 3.63) is 29.8 Å². The van der Waals surface area contributed by atoms with Crippen LogP contribution < -0.4 is 5.32 Å². The van der Waals surface area contributed by atoms with Gasteiger partial charge < -0.3 is 10.1 Å². The Kier molecular flexibility index (Phi) is 5.38. The Morgan fingerprint density at radius 3 is 2.70 bits per heavy atom. The summed E-state index contributed by atoms with van der Waals surface area (Å²) in [6.45, 7) is 1.89. The van der Waals surface area contributed by atoms with Crippen LogP contribution >= 0.6 is 0 Å². The molecule has 1 atom stereocenters. The van der Waals surface area contributed by atoms with Gasteiger partial charge in [0.1, 0.15) is 6.04 Å². The Hall–Kier alpha value is -1.93. The van der Waals surface area contributed by atoms with E-state index in [0.29, 0.717) is 25.1 Å². The van der Waals surface area contributed by atoms with E-state index in [-0.39, 0.29) is 11.3 Å². The summed E-state index contributed by atoms with van der Waals surface area (Å²) in [6.07, 6.45) is 1.10. The molecule has 0 saturated carbocycles. The molecular formula is C15H20N2O5S. The lowest BCUT2D eigenvalue weighted by atomic mass is 10.1. The molecule has 1 saturated heterocycles. The second-order valence-corrected chi connectivity index (χ2v) is 7.41. The molecule has 0 radical (unpaired) electrons. The Balaban J connectivity index is 2.21. The lowest BCUT2D eigenvalue weighted by molar-refractivity contribution is -0.119. The maximum absolute atomic E-state index is 12.5. The van der Waals surface area contributed by atoms with Gasteiger partial charge in [-0.3, -0.25) is 4.79 Å². The molecule has 23 heavy (non-hydrogen) atoms. The first-order valence-electron chi connectivity index (χ1n) is 7.38. The standard InChI is InChI=1S/C15H20N2O5S/c1-3-23(20,21)17-10-6-9-13(17)14(18)16-12-8-5-4-7-11(12)15(19)22-2/h4-5,7-8,13H,3,6,9-10H2,1-2H3,(H,16,18)/t13-/m1/s1. The van der Waals surface area contributed by atoms with E-state index in [9.17, 15) is 18.0 Å². The van der Waals surface area contributed by atoms with Crippen molar-refractivity contribution in [2.75, 3.05) is 24.7 Å². The molecular weight excluding hydrogens is 320 g/mol. The van der Waals surface area contributed by atoms with Crippen LogP contribution in [0.3, 0.4) is 0 Å². The lowest BCUT2D eigenvalue weighted by Gasteiger charge is -2.23. The van der Waals surface area contributed by atoms with Gasteiger partial charge in [0.15, 0.2) is 0 Å². The fourth-order valence-electron chi connectivity index (χ4n) is 2.60. The number of ether oxygens (including phenoxy) is 1. The minimum Gasteiger partial charge on any atom is -0.465 e. The summed E-state index contributed by atoms with van der Waals surface area (Å²) in [4.78, 5) is 24.2. The number of carbonyl (C=O) groups excluding carboxylic acids is 2. The van der Waals surface area contributed by atoms with Gasteiger partial charge in [-0.2, -0.15) is 4.31 Å². The first-order valence-corrected chi connectivity index (χ1v) is 8.99. The highest BCUT2D eigenvalue weighted by Gasteiger charge is 2.37. The van der Waals surface area contributed by atoms with Crippen LogP contribution in [-0.4, -0.2) is 50.0 Å². The molecule has 0 aliphatic carbocycles. The van der Waals surface area contributed by atoms with Gasteiger partial charge in [-0.1, -0.05) is 12.1 Å². The van der Waals surface area contributed by atoms with Crippen molar-refractivity contribution in [3.63, 3.8) is 0 Å². The van der Waals surface area contributed by atoms with Gasteiger partial charge in [0.05, 0.1) is 24.1 Å². The van der Waals surface area contributed by atoms with Crippen LogP contribution in [0.25, 0.3) is 0 Å². The van der Waals surface area contributed by atoms with Gasteiger partial charge >= 0.3 is 5.97 Å². The predicted molar refractivity (Wildman–Crippen MR) is 85.6 cm³/mol. The number of methoxy groups -OCH3 is 1. The summed E-state index contributed by atoms with van der Waals surface area (Å²) in [5, 5.41) is 2.65. The van der Waals surface area contributed by atoms with Crippen LogP contribution in [0, 0.1) is 0 Å². The normalized spacial score (nSPS) is 18.6. The highest BCUT2D eigenvalue weighted by molar-refractivity contribution is 7.89. The van der Waals surface area contributed by atoms with Crippen molar-refractivity contribution < 1.29 is 22.7 Å². The van der Waals surface area contributed by atoms with Crippen LogP contribution in [0.5, 0.6) is 0 Å². The third-order valence-electron chi connectivity index (χ3n) is 3.82. The molecule has 1 aliphatic rings. The van der Waals surface area contributed by atoms with Crippen molar-refractivity contribution in [2.24, 2.45) is 0 Å². The topological polar surface area (TPSA) is 92.8 Å². The number of anilines is 1. The maximum atomic E-state index is 12.5. The number of rotatable bonds is 5. The molecule has 1 aliphatic heterocycles. The van der Waals surface area contributed by atoms with Crippen LogP contribution in [-0.2, 0) is 19.6 Å². The van der Waals surface area contributed by atoms with Crippen molar-refractivity contribution in [2.45, 2.75) is 25.8 Å². The zero-order valence-corrected chi connectivity index (χ0v) is 13.9. The highest BCUT2D eigenvalue weighted by atomic mass is 32.2. The summed E-state index contributed by atoms with van der Waals surface area (Å²) in [5.74, 6) is -1.04. The number of hydrogen-bond donors (Lipinski definition) is 1. The van der Waals surface area contributed by atoms with Gasteiger partial charge in [-0.05, 0) is 31.9 Å². The third-order valence-corrected chi connectivity index (χ3v) is 5.70. The molecule has 1 N–H and O–H groups in total. The van der Waals surface area contributed by atoms with Crippen LogP contribution in [0.15, 0.2) is 24.3 Å². The maximum Gasteiger partial charge on any atom is 0.339 e. The van der Waals surface area contributed by atoms with E-state index in [1.165, 1.54) is 17.5 Å². The van der Waals surface area contributed by atoms with E-state index in [1.807, 2.05) is 0 Å². The van der Waals surface area contributed by atoms with E-state index >= 15 is 0 Å². The molecule has 0 aromatic heterocycles. The smallest absolute Gasteiger partial charge is 0.339 e.